The molecule has 1 fully saturated rings. The van der Waals surface area contributed by atoms with Gasteiger partial charge in [0.25, 0.3) is 0 Å². The zero-order valence-electron chi connectivity index (χ0n) is 16.9. The Morgan fingerprint density at radius 1 is 1.28 bits per heavy atom. The van der Waals surface area contributed by atoms with Crippen molar-refractivity contribution in [3.8, 4) is 0 Å². The molecule has 0 spiro atoms. The largest absolute Gasteiger partial charge is 0.480 e. The third-order valence-electron chi connectivity index (χ3n) is 4.09. The lowest BCUT2D eigenvalue weighted by molar-refractivity contribution is -0.141. The second-order valence-corrected chi connectivity index (χ2v) is 7.75. The first kappa shape index (κ1) is 22.5. The molecule has 0 bridgehead atoms. The molecular formula is C20H28N2O7. The number of nitrogens with one attached hydrogen (secondary N) is 1. The number of rotatable bonds is 6. The van der Waals surface area contributed by atoms with E-state index in [-0.39, 0.29) is 26.2 Å². The van der Waals surface area contributed by atoms with Gasteiger partial charge in [0, 0.05) is 13.0 Å². The van der Waals surface area contributed by atoms with E-state index in [1.807, 2.05) is 18.2 Å². The number of morpholine rings is 1. The molecule has 1 saturated heterocycles. The second-order valence-electron chi connectivity index (χ2n) is 7.75. The summed E-state index contributed by atoms with van der Waals surface area (Å²) in [7, 11) is 0. The van der Waals surface area contributed by atoms with E-state index in [2.05, 4.69) is 5.32 Å². The number of carboxylic acids is 1. The Morgan fingerprint density at radius 3 is 2.59 bits per heavy atom. The SMILES string of the molecule is CC(C)(C)OC(=O)N1CCO[C@@H](C[C@H](NC(=O)OCc2ccccc2)C(=O)O)C1. The van der Waals surface area contributed by atoms with Crippen LogP contribution in [0.4, 0.5) is 9.59 Å². The summed E-state index contributed by atoms with van der Waals surface area (Å²) in [5.74, 6) is -1.21. The number of alkyl carbamates (subject to hydrolysis) is 1. The van der Waals surface area contributed by atoms with Gasteiger partial charge in [0.2, 0.25) is 0 Å². The maximum Gasteiger partial charge on any atom is 0.410 e. The Balaban J connectivity index is 1.86. The summed E-state index contributed by atoms with van der Waals surface area (Å²) >= 11 is 0. The van der Waals surface area contributed by atoms with Gasteiger partial charge >= 0.3 is 18.2 Å². The number of carbonyl (C=O) groups is 3. The maximum atomic E-state index is 12.2. The molecule has 29 heavy (non-hydrogen) atoms. The van der Waals surface area contributed by atoms with Crippen LogP contribution in [0.2, 0.25) is 0 Å². The van der Waals surface area contributed by atoms with Crippen molar-refractivity contribution in [1.29, 1.82) is 0 Å². The van der Waals surface area contributed by atoms with E-state index in [1.165, 1.54) is 4.90 Å². The molecule has 160 valence electrons. The Kier molecular flexibility index (Phi) is 7.83. The molecule has 0 unspecified atom stereocenters. The molecule has 0 saturated carbocycles. The van der Waals surface area contributed by atoms with Gasteiger partial charge in [0.05, 0.1) is 19.3 Å². The van der Waals surface area contributed by atoms with E-state index < -0.39 is 35.9 Å². The molecule has 1 aromatic rings. The van der Waals surface area contributed by atoms with Crippen molar-refractivity contribution >= 4 is 18.2 Å². The smallest absolute Gasteiger partial charge is 0.410 e. The van der Waals surface area contributed by atoms with Gasteiger partial charge in [0.15, 0.2) is 0 Å². The van der Waals surface area contributed by atoms with Crippen LogP contribution >= 0.6 is 0 Å². The first-order valence-electron chi connectivity index (χ1n) is 9.43. The molecule has 2 amide bonds. The predicted molar refractivity (Wildman–Crippen MR) is 103 cm³/mol. The molecule has 2 atom stereocenters. The van der Waals surface area contributed by atoms with Crippen LogP contribution in [0.3, 0.4) is 0 Å². The zero-order valence-corrected chi connectivity index (χ0v) is 16.9. The fraction of sp³-hybridized carbons (Fsp3) is 0.550. The summed E-state index contributed by atoms with van der Waals surface area (Å²) in [6.45, 7) is 6.14. The third kappa shape index (κ3) is 7.98. The Bertz CT molecular complexity index is 703. The van der Waals surface area contributed by atoms with E-state index in [0.29, 0.717) is 6.54 Å². The predicted octanol–water partition coefficient (Wildman–Crippen LogP) is 2.39. The molecule has 9 nitrogen and oxygen atoms in total. The molecule has 1 heterocycles. The molecule has 0 aromatic heterocycles. The fourth-order valence-corrected chi connectivity index (χ4v) is 2.75. The van der Waals surface area contributed by atoms with Gasteiger partial charge in [0.1, 0.15) is 18.2 Å². The number of hydrogen-bond acceptors (Lipinski definition) is 6. The number of hydrogen-bond donors (Lipinski definition) is 2. The van der Waals surface area contributed by atoms with Crippen molar-refractivity contribution in [2.45, 2.75) is 51.5 Å². The maximum absolute atomic E-state index is 12.2. The lowest BCUT2D eigenvalue weighted by Crippen LogP contribution is -2.51. The van der Waals surface area contributed by atoms with Crippen LogP contribution in [-0.4, -0.2) is 65.6 Å². The summed E-state index contributed by atoms with van der Waals surface area (Å²) in [4.78, 5) is 37.2. The highest BCUT2D eigenvalue weighted by Gasteiger charge is 2.32. The topological polar surface area (TPSA) is 114 Å². The molecule has 1 aromatic carbocycles. The number of nitrogens with zero attached hydrogens (tertiary/aromatic N) is 1. The number of carbonyl (C=O) groups excluding carboxylic acids is 2. The van der Waals surface area contributed by atoms with Crippen molar-refractivity contribution < 1.29 is 33.7 Å². The monoisotopic (exact) mass is 408 g/mol. The Hall–Kier alpha value is -2.81. The van der Waals surface area contributed by atoms with Gasteiger partial charge in [-0.15, -0.1) is 0 Å². The lowest BCUT2D eigenvalue weighted by Gasteiger charge is -2.35. The highest BCUT2D eigenvalue weighted by Crippen LogP contribution is 2.16. The summed E-state index contributed by atoms with van der Waals surface area (Å²) in [5.41, 5.74) is 0.164. The van der Waals surface area contributed by atoms with Crippen molar-refractivity contribution in [1.82, 2.24) is 10.2 Å². The zero-order chi connectivity index (χ0) is 21.4. The Labute approximate surface area is 169 Å². The van der Waals surface area contributed by atoms with E-state index in [9.17, 15) is 19.5 Å². The van der Waals surface area contributed by atoms with Gasteiger partial charge in [-0.2, -0.15) is 0 Å². The molecule has 1 aliphatic heterocycles. The fourth-order valence-electron chi connectivity index (χ4n) is 2.75. The van der Waals surface area contributed by atoms with Crippen LogP contribution in [0.25, 0.3) is 0 Å². The van der Waals surface area contributed by atoms with E-state index in [1.54, 1.807) is 32.9 Å². The number of amides is 2. The summed E-state index contributed by atoms with van der Waals surface area (Å²) in [6.07, 6.45) is -1.87. The minimum Gasteiger partial charge on any atom is -0.480 e. The van der Waals surface area contributed by atoms with Crippen molar-refractivity contribution in [2.24, 2.45) is 0 Å². The summed E-state index contributed by atoms with van der Waals surface area (Å²) in [6, 6.07) is 7.85. The highest BCUT2D eigenvalue weighted by atomic mass is 16.6. The van der Waals surface area contributed by atoms with Crippen LogP contribution in [0.1, 0.15) is 32.8 Å². The first-order valence-corrected chi connectivity index (χ1v) is 9.43. The van der Waals surface area contributed by atoms with Crippen LogP contribution in [-0.2, 0) is 25.6 Å². The quantitative estimate of drug-likeness (QED) is 0.743. The number of carboxylic acid groups (broad SMARTS) is 1. The standard InChI is InChI=1S/C20H28N2O7/c1-20(2,3)29-19(26)22-9-10-27-15(12-22)11-16(17(23)24)21-18(25)28-13-14-7-5-4-6-8-14/h4-8,15-16H,9-13H2,1-3H3,(H,21,25)(H,23,24)/t15-,16-/m0/s1. The van der Waals surface area contributed by atoms with Gasteiger partial charge in [-0.25, -0.2) is 14.4 Å². The Morgan fingerprint density at radius 2 is 1.97 bits per heavy atom. The molecule has 0 radical (unpaired) electrons. The van der Waals surface area contributed by atoms with Crippen molar-refractivity contribution in [3.05, 3.63) is 35.9 Å². The minimum atomic E-state index is -1.21. The lowest BCUT2D eigenvalue weighted by atomic mass is 10.1. The number of benzene rings is 1. The molecular weight excluding hydrogens is 380 g/mol. The number of aliphatic carboxylic acids is 1. The average molecular weight is 408 g/mol. The van der Waals surface area contributed by atoms with Gasteiger partial charge in [-0.1, -0.05) is 30.3 Å². The van der Waals surface area contributed by atoms with Gasteiger partial charge < -0.3 is 29.5 Å². The van der Waals surface area contributed by atoms with Crippen LogP contribution in [0.15, 0.2) is 30.3 Å². The second kappa shape index (κ2) is 10.1. The van der Waals surface area contributed by atoms with Crippen LogP contribution < -0.4 is 5.32 Å². The van der Waals surface area contributed by atoms with Crippen LogP contribution in [0, 0.1) is 0 Å². The molecule has 2 N–H and O–H groups in total. The summed E-state index contributed by atoms with van der Waals surface area (Å²) < 4.78 is 16.0. The molecule has 0 aliphatic carbocycles. The first-order chi connectivity index (χ1) is 13.6. The molecule has 9 heteroatoms. The minimum absolute atomic E-state index is 0.00489. The van der Waals surface area contributed by atoms with Crippen LogP contribution in [0.5, 0.6) is 0 Å². The summed E-state index contributed by atoms with van der Waals surface area (Å²) in [5, 5.41) is 11.8. The third-order valence-corrected chi connectivity index (χ3v) is 4.09. The van der Waals surface area contributed by atoms with Gasteiger partial charge in [-0.05, 0) is 26.3 Å². The van der Waals surface area contributed by atoms with Crippen molar-refractivity contribution in [2.75, 3.05) is 19.7 Å². The van der Waals surface area contributed by atoms with Crippen molar-refractivity contribution in [3.63, 3.8) is 0 Å². The van der Waals surface area contributed by atoms with E-state index in [4.69, 9.17) is 14.2 Å². The van der Waals surface area contributed by atoms with Gasteiger partial charge in [-0.3, -0.25) is 0 Å². The molecule has 1 aliphatic rings. The van der Waals surface area contributed by atoms with E-state index >= 15 is 0 Å². The number of ether oxygens (including phenoxy) is 3. The molecule has 2 rings (SSSR count). The van der Waals surface area contributed by atoms with E-state index in [0.717, 1.165) is 5.56 Å². The normalized spacial score (nSPS) is 17.9. The average Bonchev–Trinajstić information content (AvgIpc) is 2.65. The highest BCUT2D eigenvalue weighted by molar-refractivity contribution is 5.79.